The van der Waals surface area contributed by atoms with E-state index in [0.717, 1.165) is 0 Å². The van der Waals surface area contributed by atoms with Crippen LogP contribution in [0.3, 0.4) is 0 Å². The molecule has 1 aliphatic rings. The van der Waals surface area contributed by atoms with Gasteiger partial charge in [-0.2, -0.15) is 0 Å². The molecule has 26 heavy (non-hydrogen) atoms. The molecule has 0 saturated carbocycles. The largest absolute Gasteiger partial charge is 0.469 e. The van der Waals surface area contributed by atoms with Gasteiger partial charge in [0, 0.05) is 32.3 Å². The minimum Gasteiger partial charge on any atom is -0.469 e. The molecule has 8 nitrogen and oxygen atoms in total. The van der Waals surface area contributed by atoms with Crippen molar-refractivity contribution >= 4 is 21.9 Å². The van der Waals surface area contributed by atoms with Crippen LogP contribution in [0.5, 0.6) is 0 Å². The van der Waals surface area contributed by atoms with Gasteiger partial charge < -0.3 is 14.4 Å². The summed E-state index contributed by atoms with van der Waals surface area (Å²) in [4.78, 5) is 25.9. The summed E-state index contributed by atoms with van der Waals surface area (Å²) in [6.07, 6.45) is 1.07. The molecular weight excluding hydrogens is 360 g/mol. The van der Waals surface area contributed by atoms with Crippen molar-refractivity contribution in [2.75, 3.05) is 40.5 Å². The molecule has 2 rings (SSSR count). The highest BCUT2D eigenvalue weighted by Gasteiger charge is 2.28. The molecule has 0 unspecified atom stereocenters. The quantitative estimate of drug-likeness (QED) is 0.547. The molecule has 1 amide bonds. The van der Waals surface area contributed by atoms with Crippen LogP contribution in [0.2, 0.25) is 0 Å². The van der Waals surface area contributed by atoms with Gasteiger partial charge in [0.1, 0.15) is 0 Å². The number of esters is 1. The minimum atomic E-state index is -3.70. The summed E-state index contributed by atoms with van der Waals surface area (Å²) in [6.45, 7) is 1.27. The Morgan fingerprint density at radius 1 is 1.23 bits per heavy atom. The van der Waals surface area contributed by atoms with E-state index in [2.05, 4.69) is 4.72 Å². The van der Waals surface area contributed by atoms with Crippen molar-refractivity contribution in [3.05, 3.63) is 29.8 Å². The highest BCUT2D eigenvalue weighted by atomic mass is 32.2. The number of methoxy groups -OCH3 is 2. The van der Waals surface area contributed by atoms with Gasteiger partial charge in [-0.25, -0.2) is 13.1 Å². The number of sulfonamides is 1. The van der Waals surface area contributed by atoms with Gasteiger partial charge in [0.2, 0.25) is 10.0 Å². The number of benzene rings is 1. The lowest BCUT2D eigenvalue weighted by molar-refractivity contribution is -0.146. The fourth-order valence-electron chi connectivity index (χ4n) is 2.83. The molecular formula is C17H24N2O6S. The Balaban J connectivity index is 2.05. The van der Waals surface area contributed by atoms with Crippen molar-refractivity contribution in [1.29, 1.82) is 0 Å². The molecule has 1 aromatic rings. The van der Waals surface area contributed by atoms with Gasteiger partial charge in [0.15, 0.2) is 0 Å². The van der Waals surface area contributed by atoms with Crippen LogP contribution in [0.25, 0.3) is 0 Å². The van der Waals surface area contributed by atoms with Crippen molar-refractivity contribution in [2.45, 2.75) is 17.7 Å². The van der Waals surface area contributed by atoms with Crippen LogP contribution in [-0.4, -0.2) is 65.7 Å². The number of amides is 1. The van der Waals surface area contributed by atoms with E-state index >= 15 is 0 Å². The smallest absolute Gasteiger partial charge is 0.308 e. The van der Waals surface area contributed by atoms with E-state index in [4.69, 9.17) is 9.47 Å². The molecule has 0 spiro atoms. The lowest BCUT2D eigenvalue weighted by Crippen LogP contribution is -2.40. The number of hydrogen-bond donors (Lipinski definition) is 1. The van der Waals surface area contributed by atoms with Crippen LogP contribution < -0.4 is 4.72 Å². The predicted octanol–water partition coefficient (Wildman–Crippen LogP) is 0.637. The molecule has 1 aliphatic heterocycles. The Labute approximate surface area is 153 Å². The van der Waals surface area contributed by atoms with Gasteiger partial charge in [0.25, 0.3) is 5.91 Å². The van der Waals surface area contributed by atoms with Gasteiger partial charge >= 0.3 is 5.97 Å². The fourth-order valence-corrected chi connectivity index (χ4v) is 3.88. The third-order valence-corrected chi connectivity index (χ3v) is 5.76. The summed E-state index contributed by atoms with van der Waals surface area (Å²) in [7, 11) is -0.868. The number of carbonyl (C=O) groups is 2. The second kappa shape index (κ2) is 9.11. The number of rotatable bonds is 7. The van der Waals surface area contributed by atoms with Gasteiger partial charge in [-0.3, -0.25) is 9.59 Å². The molecule has 0 radical (unpaired) electrons. The maximum Gasteiger partial charge on any atom is 0.308 e. The molecule has 1 aromatic carbocycles. The third-order valence-electron chi connectivity index (χ3n) is 4.31. The fraction of sp³-hybridized carbons (Fsp3) is 0.529. The van der Waals surface area contributed by atoms with E-state index in [1.165, 1.54) is 26.4 Å². The summed E-state index contributed by atoms with van der Waals surface area (Å²) in [5.41, 5.74) is 0.302. The number of piperidine rings is 1. The number of likely N-dealkylation sites (tertiary alicyclic amines) is 1. The Bertz CT molecular complexity index is 741. The number of carbonyl (C=O) groups excluding carboxylic acids is 2. The van der Waals surface area contributed by atoms with Gasteiger partial charge in [-0.1, -0.05) is 6.07 Å². The number of nitrogens with one attached hydrogen (secondary N) is 1. The minimum absolute atomic E-state index is 0.0314. The summed E-state index contributed by atoms with van der Waals surface area (Å²) < 4.78 is 36.5. The Kier molecular flexibility index (Phi) is 7.13. The molecule has 1 saturated heterocycles. The molecule has 9 heteroatoms. The normalized spacial score (nSPS) is 15.7. The maximum atomic E-state index is 12.7. The average molecular weight is 384 g/mol. The molecule has 0 aromatic heterocycles. The number of ether oxygens (including phenoxy) is 2. The molecule has 0 aliphatic carbocycles. The van der Waals surface area contributed by atoms with E-state index in [0.29, 0.717) is 31.5 Å². The molecule has 1 fully saturated rings. The van der Waals surface area contributed by atoms with E-state index in [9.17, 15) is 18.0 Å². The average Bonchev–Trinajstić information content (AvgIpc) is 2.67. The first-order chi connectivity index (χ1) is 12.4. The summed E-state index contributed by atoms with van der Waals surface area (Å²) in [5, 5.41) is 0. The maximum absolute atomic E-state index is 12.7. The number of hydrogen-bond acceptors (Lipinski definition) is 6. The van der Waals surface area contributed by atoms with Crippen LogP contribution in [-0.2, 0) is 24.3 Å². The van der Waals surface area contributed by atoms with E-state index in [1.54, 1.807) is 17.0 Å². The Morgan fingerprint density at radius 3 is 2.54 bits per heavy atom. The molecule has 0 bridgehead atoms. The lowest BCUT2D eigenvalue weighted by atomic mass is 9.96. The van der Waals surface area contributed by atoms with Crippen LogP contribution >= 0.6 is 0 Å². The third kappa shape index (κ3) is 5.03. The highest BCUT2D eigenvalue weighted by Crippen LogP contribution is 2.21. The van der Waals surface area contributed by atoms with E-state index < -0.39 is 10.0 Å². The Morgan fingerprint density at radius 2 is 1.92 bits per heavy atom. The first kappa shape index (κ1) is 20.3. The summed E-state index contributed by atoms with van der Waals surface area (Å²) >= 11 is 0. The predicted molar refractivity (Wildman–Crippen MR) is 94.2 cm³/mol. The molecule has 1 heterocycles. The molecule has 144 valence electrons. The van der Waals surface area contributed by atoms with Crippen molar-refractivity contribution in [2.24, 2.45) is 5.92 Å². The summed E-state index contributed by atoms with van der Waals surface area (Å²) in [6, 6.07) is 5.93. The second-order valence-electron chi connectivity index (χ2n) is 6.01. The van der Waals surface area contributed by atoms with Crippen LogP contribution in [0.15, 0.2) is 29.2 Å². The van der Waals surface area contributed by atoms with Gasteiger partial charge in [-0.15, -0.1) is 0 Å². The van der Waals surface area contributed by atoms with Crippen molar-refractivity contribution in [3.8, 4) is 0 Å². The van der Waals surface area contributed by atoms with Gasteiger partial charge in [0.05, 0.1) is 24.5 Å². The first-order valence-corrected chi connectivity index (χ1v) is 9.83. The monoisotopic (exact) mass is 384 g/mol. The topological polar surface area (TPSA) is 102 Å². The van der Waals surface area contributed by atoms with Crippen LogP contribution in [0, 0.1) is 5.92 Å². The number of nitrogens with zero attached hydrogens (tertiary/aromatic N) is 1. The van der Waals surface area contributed by atoms with Crippen molar-refractivity contribution in [3.63, 3.8) is 0 Å². The van der Waals surface area contributed by atoms with Crippen molar-refractivity contribution in [1.82, 2.24) is 9.62 Å². The van der Waals surface area contributed by atoms with E-state index in [-0.39, 0.29) is 35.8 Å². The zero-order valence-electron chi connectivity index (χ0n) is 14.9. The first-order valence-electron chi connectivity index (χ1n) is 8.35. The zero-order chi connectivity index (χ0) is 19.2. The standard InChI is InChI=1S/C17H24N2O6S/c1-24-11-8-18-26(22,23)15-5-3-4-14(12-15)16(20)19-9-6-13(7-10-19)17(21)25-2/h3-5,12-13,18H,6-11H2,1-2H3. The summed E-state index contributed by atoms with van der Waals surface area (Å²) in [5.74, 6) is -0.699. The van der Waals surface area contributed by atoms with Crippen LogP contribution in [0.4, 0.5) is 0 Å². The Hall–Kier alpha value is -1.97. The molecule has 0 atom stereocenters. The van der Waals surface area contributed by atoms with E-state index in [1.807, 2.05) is 0 Å². The lowest BCUT2D eigenvalue weighted by Gasteiger charge is -2.30. The zero-order valence-corrected chi connectivity index (χ0v) is 15.8. The molecule has 1 N–H and O–H groups in total. The van der Waals surface area contributed by atoms with Crippen molar-refractivity contribution < 1.29 is 27.5 Å². The SMILES string of the molecule is COCCNS(=O)(=O)c1cccc(C(=O)N2CCC(C(=O)OC)CC2)c1. The van der Waals surface area contributed by atoms with Gasteiger partial charge in [-0.05, 0) is 31.0 Å². The van der Waals surface area contributed by atoms with Crippen LogP contribution in [0.1, 0.15) is 23.2 Å². The second-order valence-corrected chi connectivity index (χ2v) is 7.77. The highest BCUT2D eigenvalue weighted by molar-refractivity contribution is 7.89.